The summed E-state index contributed by atoms with van der Waals surface area (Å²) in [5, 5.41) is 8.25. The molecule has 0 unspecified atom stereocenters. The van der Waals surface area contributed by atoms with Crippen LogP contribution in [-0.4, -0.2) is 15.3 Å². The second-order valence-corrected chi connectivity index (χ2v) is 6.92. The van der Waals surface area contributed by atoms with Crippen molar-refractivity contribution in [3.05, 3.63) is 83.1 Å². The highest BCUT2D eigenvalue weighted by molar-refractivity contribution is 7.15. The van der Waals surface area contributed by atoms with E-state index in [1.807, 2.05) is 77.6 Å². The molecule has 2 N–H and O–H groups in total. The molecule has 26 heavy (non-hydrogen) atoms. The van der Waals surface area contributed by atoms with E-state index in [0.29, 0.717) is 12.1 Å². The number of fused-ring (bicyclic) bond motifs is 1. The van der Waals surface area contributed by atoms with Crippen LogP contribution in [0.5, 0.6) is 0 Å². The topological polar surface area (TPSA) is 58.4 Å². The van der Waals surface area contributed by atoms with Crippen molar-refractivity contribution in [1.29, 1.82) is 0 Å². The summed E-state index contributed by atoms with van der Waals surface area (Å²) in [7, 11) is 0. The second-order valence-electron chi connectivity index (χ2n) is 6.04. The Kier molecular flexibility index (Phi) is 4.41. The summed E-state index contributed by atoms with van der Waals surface area (Å²) < 4.78 is 1.96. The fraction of sp³-hybridized carbons (Fsp3) is 0.100. The minimum Gasteiger partial charge on any atom is -0.355 e. The van der Waals surface area contributed by atoms with Gasteiger partial charge in [0.2, 0.25) is 0 Å². The minimum absolute atomic E-state index is 0.128. The number of imidazole rings is 1. The first-order chi connectivity index (χ1) is 12.7. The Morgan fingerprint density at radius 1 is 1.15 bits per heavy atom. The van der Waals surface area contributed by atoms with Gasteiger partial charge in [0.1, 0.15) is 0 Å². The molecule has 0 aliphatic heterocycles. The van der Waals surface area contributed by atoms with Crippen molar-refractivity contribution < 1.29 is 4.79 Å². The van der Waals surface area contributed by atoms with E-state index in [1.165, 1.54) is 5.56 Å². The Labute approximate surface area is 155 Å². The fourth-order valence-electron chi connectivity index (χ4n) is 2.71. The predicted octanol–water partition coefficient (Wildman–Crippen LogP) is 4.38. The highest BCUT2D eigenvalue weighted by Gasteiger charge is 2.12. The van der Waals surface area contributed by atoms with Gasteiger partial charge in [-0.25, -0.2) is 4.98 Å². The Morgan fingerprint density at radius 3 is 2.77 bits per heavy atom. The van der Waals surface area contributed by atoms with Gasteiger partial charge in [-0.2, -0.15) is 0 Å². The lowest BCUT2D eigenvalue weighted by Crippen LogP contribution is -2.23. The van der Waals surface area contributed by atoms with Crippen molar-refractivity contribution >= 4 is 33.6 Å². The molecule has 0 aliphatic carbocycles. The predicted molar refractivity (Wildman–Crippen MR) is 105 cm³/mol. The zero-order chi connectivity index (χ0) is 17.9. The third kappa shape index (κ3) is 3.45. The van der Waals surface area contributed by atoms with E-state index in [4.69, 9.17) is 0 Å². The number of rotatable bonds is 5. The molecule has 0 saturated carbocycles. The highest BCUT2D eigenvalue weighted by atomic mass is 32.1. The first-order valence-electron chi connectivity index (χ1n) is 8.31. The van der Waals surface area contributed by atoms with Gasteiger partial charge >= 0.3 is 0 Å². The standard InChI is InChI=1S/C20H18N4OS/c1-14-6-8-15(9-7-14)22-18-5-3-2-4-17(18)19(25)21-12-16-13-24-10-11-26-20(24)23-16/h2-11,13,22H,12H2,1H3,(H,21,25). The average Bonchev–Trinajstić information content (AvgIpc) is 3.24. The van der Waals surface area contributed by atoms with Gasteiger partial charge in [0.25, 0.3) is 5.91 Å². The van der Waals surface area contributed by atoms with Crippen molar-refractivity contribution in [2.45, 2.75) is 13.5 Å². The molecule has 0 bridgehead atoms. The Hall–Kier alpha value is -3.12. The summed E-state index contributed by atoms with van der Waals surface area (Å²) in [4.78, 5) is 18.1. The number of para-hydroxylation sites is 1. The molecular weight excluding hydrogens is 344 g/mol. The van der Waals surface area contributed by atoms with Gasteiger partial charge in [-0.05, 0) is 31.2 Å². The fourth-order valence-corrected chi connectivity index (χ4v) is 3.43. The van der Waals surface area contributed by atoms with Crippen LogP contribution in [0.4, 0.5) is 11.4 Å². The normalized spacial score (nSPS) is 10.8. The van der Waals surface area contributed by atoms with Crippen molar-refractivity contribution in [2.75, 3.05) is 5.32 Å². The van der Waals surface area contributed by atoms with E-state index >= 15 is 0 Å². The molecular formula is C20H18N4OS. The van der Waals surface area contributed by atoms with E-state index in [9.17, 15) is 4.79 Å². The van der Waals surface area contributed by atoms with Crippen molar-refractivity contribution in [3.63, 3.8) is 0 Å². The van der Waals surface area contributed by atoms with Gasteiger partial charge in [0.15, 0.2) is 4.96 Å². The number of carbonyl (C=O) groups is 1. The molecule has 2 heterocycles. The van der Waals surface area contributed by atoms with Crippen molar-refractivity contribution in [2.24, 2.45) is 0 Å². The number of anilines is 2. The zero-order valence-electron chi connectivity index (χ0n) is 14.3. The van der Waals surface area contributed by atoms with E-state index in [2.05, 4.69) is 15.6 Å². The monoisotopic (exact) mass is 362 g/mol. The summed E-state index contributed by atoms with van der Waals surface area (Å²) in [6.45, 7) is 2.44. The van der Waals surface area contributed by atoms with E-state index < -0.39 is 0 Å². The molecule has 4 aromatic rings. The molecule has 4 rings (SSSR count). The SMILES string of the molecule is Cc1ccc(Nc2ccccc2C(=O)NCc2cn3ccsc3n2)cc1. The largest absolute Gasteiger partial charge is 0.355 e. The van der Waals surface area contributed by atoms with E-state index in [0.717, 1.165) is 22.0 Å². The lowest BCUT2D eigenvalue weighted by atomic mass is 10.1. The number of benzene rings is 2. The van der Waals surface area contributed by atoms with Crippen LogP contribution in [0.25, 0.3) is 4.96 Å². The third-order valence-corrected chi connectivity index (χ3v) is 4.85. The molecule has 5 nitrogen and oxygen atoms in total. The van der Waals surface area contributed by atoms with Crippen LogP contribution in [0, 0.1) is 6.92 Å². The molecule has 2 aromatic carbocycles. The first-order valence-corrected chi connectivity index (χ1v) is 9.19. The van der Waals surface area contributed by atoms with Crippen LogP contribution in [0.3, 0.4) is 0 Å². The number of aromatic nitrogens is 2. The summed E-state index contributed by atoms with van der Waals surface area (Å²) in [6.07, 6.45) is 3.89. The van der Waals surface area contributed by atoms with Crippen LogP contribution in [-0.2, 0) is 6.54 Å². The molecule has 0 spiro atoms. The van der Waals surface area contributed by atoms with Crippen molar-refractivity contribution in [1.82, 2.24) is 14.7 Å². The molecule has 1 amide bonds. The molecule has 2 aromatic heterocycles. The molecule has 6 heteroatoms. The number of hydrogen-bond donors (Lipinski definition) is 2. The number of aryl methyl sites for hydroxylation is 1. The average molecular weight is 362 g/mol. The van der Waals surface area contributed by atoms with Gasteiger partial charge in [-0.1, -0.05) is 29.8 Å². The molecule has 0 saturated heterocycles. The smallest absolute Gasteiger partial charge is 0.253 e. The van der Waals surface area contributed by atoms with E-state index in [1.54, 1.807) is 11.3 Å². The second kappa shape index (κ2) is 7.01. The minimum atomic E-state index is -0.128. The van der Waals surface area contributed by atoms with Gasteiger partial charge in [-0.15, -0.1) is 11.3 Å². The number of nitrogens with one attached hydrogen (secondary N) is 2. The van der Waals surface area contributed by atoms with Crippen LogP contribution in [0.15, 0.2) is 66.3 Å². The molecule has 0 aliphatic rings. The number of thiazole rings is 1. The highest BCUT2D eigenvalue weighted by Crippen LogP contribution is 2.21. The van der Waals surface area contributed by atoms with Crippen LogP contribution in [0.1, 0.15) is 21.6 Å². The zero-order valence-corrected chi connectivity index (χ0v) is 15.1. The number of carbonyl (C=O) groups excluding carboxylic acids is 1. The lowest BCUT2D eigenvalue weighted by molar-refractivity contribution is 0.0951. The van der Waals surface area contributed by atoms with Crippen LogP contribution >= 0.6 is 11.3 Å². The Balaban J connectivity index is 1.48. The number of amides is 1. The van der Waals surface area contributed by atoms with Gasteiger partial charge < -0.3 is 10.6 Å². The van der Waals surface area contributed by atoms with Crippen LogP contribution in [0.2, 0.25) is 0 Å². The van der Waals surface area contributed by atoms with Crippen LogP contribution < -0.4 is 10.6 Å². The maximum Gasteiger partial charge on any atom is 0.253 e. The van der Waals surface area contributed by atoms with E-state index in [-0.39, 0.29) is 5.91 Å². The lowest BCUT2D eigenvalue weighted by Gasteiger charge is -2.12. The number of nitrogens with zero attached hydrogens (tertiary/aromatic N) is 2. The van der Waals surface area contributed by atoms with Crippen molar-refractivity contribution in [3.8, 4) is 0 Å². The molecule has 0 fully saturated rings. The van der Waals surface area contributed by atoms with Gasteiger partial charge in [0, 0.05) is 23.5 Å². The summed E-state index contributed by atoms with van der Waals surface area (Å²) >= 11 is 1.57. The van der Waals surface area contributed by atoms with Gasteiger partial charge in [0.05, 0.1) is 23.5 Å². The maximum atomic E-state index is 12.7. The number of hydrogen-bond acceptors (Lipinski definition) is 4. The Morgan fingerprint density at radius 2 is 1.96 bits per heavy atom. The Bertz CT molecular complexity index is 1020. The molecule has 0 atom stereocenters. The molecule has 0 radical (unpaired) electrons. The van der Waals surface area contributed by atoms with Gasteiger partial charge in [-0.3, -0.25) is 9.20 Å². The summed E-state index contributed by atoms with van der Waals surface area (Å²) in [5.41, 5.74) is 4.37. The summed E-state index contributed by atoms with van der Waals surface area (Å²) in [5.74, 6) is -0.128. The maximum absolute atomic E-state index is 12.7. The summed E-state index contributed by atoms with van der Waals surface area (Å²) in [6, 6.07) is 15.6. The first kappa shape index (κ1) is 16.4. The molecule has 130 valence electrons. The quantitative estimate of drug-likeness (QED) is 0.554. The third-order valence-electron chi connectivity index (χ3n) is 4.08.